The zero-order valence-corrected chi connectivity index (χ0v) is 8.51. The van der Waals surface area contributed by atoms with Gasteiger partial charge in [-0.3, -0.25) is 9.36 Å². The first-order chi connectivity index (χ1) is 6.11. The van der Waals surface area contributed by atoms with Crippen LogP contribution in [0.25, 0.3) is 0 Å². The Kier molecular flexibility index (Phi) is 2.70. The van der Waals surface area contributed by atoms with E-state index in [1.807, 2.05) is 6.92 Å². The second kappa shape index (κ2) is 3.60. The van der Waals surface area contributed by atoms with Crippen LogP contribution in [0.15, 0.2) is 4.79 Å². The van der Waals surface area contributed by atoms with Crippen LogP contribution >= 0.6 is 0 Å². The second-order valence-electron chi connectivity index (χ2n) is 2.97. The highest BCUT2D eigenvalue weighted by Gasteiger charge is 2.07. The van der Waals surface area contributed by atoms with Gasteiger partial charge in [0.1, 0.15) is 11.6 Å². The van der Waals surface area contributed by atoms with E-state index < -0.39 is 0 Å². The third-order valence-corrected chi connectivity index (χ3v) is 2.16. The van der Waals surface area contributed by atoms with Gasteiger partial charge in [0, 0.05) is 20.5 Å². The smallest absolute Gasteiger partial charge is 0.258 e. The molecular formula is C9H15N3O. The Labute approximate surface area is 77.6 Å². The van der Waals surface area contributed by atoms with E-state index in [0.717, 1.165) is 12.2 Å². The number of anilines is 1. The molecule has 1 heterocycles. The third kappa shape index (κ3) is 1.56. The Hall–Kier alpha value is -1.32. The van der Waals surface area contributed by atoms with Crippen LogP contribution in [0.3, 0.4) is 0 Å². The first kappa shape index (κ1) is 9.77. The summed E-state index contributed by atoms with van der Waals surface area (Å²) in [5, 5.41) is 2.91. The van der Waals surface area contributed by atoms with Gasteiger partial charge in [0.2, 0.25) is 0 Å². The summed E-state index contributed by atoms with van der Waals surface area (Å²) in [6, 6.07) is 0. The molecule has 0 spiro atoms. The Morgan fingerprint density at radius 2 is 2.15 bits per heavy atom. The molecule has 0 amide bonds. The minimum Gasteiger partial charge on any atom is -0.373 e. The van der Waals surface area contributed by atoms with E-state index in [-0.39, 0.29) is 5.56 Å². The number of hydrogen-bond acceptors (Lipinski definition) is 3. The van der Waals surface area contributed by atoms with E-state index in [1.165, 1.54) is 0 Å². The van der Waals surface area contributed by atoms with Crippen molar-refractivity contribution in [2.45, 2.75) is 20.3 Å². The molecule has 1 rings (SSSR count). The quantitative estimate of drug-likeness (QED) is 0.730. The molecule has 0 saturated carbocycles. The van der Waals surface area contributed by atoms with E-state index in [9.17, 15) is 4.79 Å². The van der Waals surface area contributed by atoms with Gasteiger partial charge >= 0.3 is 0 Å². The van der Waals surface area contributed by atoms with E-state index >= 15 is 0 Å². The molecule has 0 atom stereocenters. The van der Waals surface area contributed by atoms with Crippen molar-refractivity contribution in [1.29, 1.82) is 0 Å². The molecule has 0 unspecified atom stereocenters. The van der Waals surface area contributed by atoms with Crippen molar-refractivity contribution in [3.8, 4) is 0 Å². The minimum atomic E-state index is 0.0243. The maximum atomic E-state index is 11.6. The second-order valence-corrected chi connectivity index (χ2v) is 2.97. The van der Waals surface area contributed by atoms with Crippen LogP contribution in [-0.4, -0.2) is 16.6 Å². The predicted molar refractivity (Wildman–Crippen MR) is 53.1 cm³/mol. The highest BCUT2D eigenvalue weighted by molar-refractivity contribution is 5.41. The van der Waals surface area contributed by atoms with Crippen molar-refractivity contribution >= 4 is 5.82 Å². The van der Waals surface area contributed by atoms with Gasteiger partial charge < -0.3 is 5.32 Å². The van der Waals surface area contributed by atoms with Crippen molar-refractivity contribution in [3.63, 3.8) is 0 Å². The molecule has 0 aliphatic rings. The molecule has 13 heavy (non-hydrogen) atoms. The zero-order valence-electron chi connectivity index (χ0n) is 8.51. The topological polar surface area (TPSA) is 46.9 Å². The summed E-state index contributed by atoms with van der Waals surface area (Å²) < 4.78 is 1.59. The van der Waals surface area contributed by atoms with Gasteiger partial charge in [-0.15, -0.1) is 0 Å². The Morgan fingerprint density at radius 3 is 2.62 bits per heavy atom. The number of rotatable bonds is 2. The van der Waals surface area contributed by atoms with Crippen LogP contribution < -0.4 is 10.9 Å². The molecule has 1 aromatic heterocycles. The summed E-state index contributed by atoms with van der Waals surface area (Å²) >= 11 is 0. The lowest BCUT2D eigenvalue weighted by molar-refractivity contribution is 0.731. The summed E-state index contributed by atoms with van der Waals surface area (Å²) in [4.78, 5) is 15.9. The lowest BCUT2D eigenvalue weighted by Crippen LogP contribution is -2.25. The number of aromatic nitrogens is 2. The zero-order chi connectivity index (χ0) is 10.0. The van der Waals surface area contributed by atoms with Gasteiger partial charge in [-0.05, 0) is 6.92 Å². The molecular weight excluding hydrogens is 166 g/mol. The van der Waals surface area contributed by atoms with E-state index in [0.29, 0.717) is 11.4 Å². The fourth-order valence-corrected chi connectivity index (χ4v) is 1.32. The monoisotopic (exact) mass is 181 g/mol. The largest absolute Gasteiger partial charge is 0.373 e. The highest BCUT2D eigenvalue weighted by Crippen LogP contribution is 2.06. The molecule has 0 bridgehead atoms. The summed E-state index contributed by atoms with van der Waals surface area (Å²) in [5.41, 5.74) is 0.693. The van der Waals surface area contributed by atoms with Crippen molar-refractivity contribution < 1.29 is 0 Å². The molecule has 0 aliphatic heterocycles. The van der Waals surface area contributed by atoms with Gasteiger partial charge in [0.25, 0.3) is 5.56 Å². The molecule has 0 aliphatic carbocycles. The van der Waals surface area contributed by atoms with E-state index in [1.54, 1.807) is 25.6 Å². The average molecular weight is 181 g/mol. The fourth-order valence-electron chi connectivity index (χ4n) is 1.32. The molecule has 72 valence electrons. The number of aryl methyl sites for hydroxylation is 1. The van der Waals surface area contributed by atoms with Gasteiger partial charge in [0.15, 0.2) is 0 Å². The third-order valence-electron chi connectivity index (χ3n) is 2.16. The average Bonchev–Trinajstić information content (AvgIpc) is 2.15. The van der Waals surface area contributed by atoms with Crippen molar-refractivity contribution in [3.05, 3.63) is 21.7 Å². The summed E-state index contributed by atoms with van der Waals surface area (Å²) in [7, 11) is 3.52. The van der Waals surface area contributed by atoms with Crippen LogP contribution in [0.5, 0.6) is 0 Å². The number of hydrogen-bond donors (Lipinski definition) is 1. The van der Waals surface area contributed by atoms with Gasteiger partial charge in [-0.1, -0.05) is 6.92 Å². The predicted octanol–water partition coefficient (Wildman–Crippen LogP) is 0.693. The van der Waals surface area contributed by atoms with Crippen molar-refractivity contribution in [1.82, 2.24) is 9.55 Å². The Bertz CT molecular complexity index is 337. The molecule has 1 N–H and O–H groups in total. The molecule has 1 aromatic rings. The lowest BCUT2D eigenvalue weighted by Gasteiger charge is -2.09. The summed E-state index contributed by atoms with van der Waals surface area (Å²) in [6.07, 6.45) is 0.765. The standard InChI is InChI=1S/C9H15N3O/c1-5-7-11-8(10-3)6(2)9(13)12(7)4/h10H,5H2,1-4H3. The van der Waals surface area contributed by atoms with Crippen LogP contribution in [0, 0.1) is 6.92 Å². The SMILES string of the molecule is CCc1nc(NC)c(C)c(=O)n1C. The van der Waals surface area contributed by atoms with Crippen LogP contribution in [-0.2, 0) is 13.5 Å². The van der Waals surface area contributed by atoms with E-state index in [4.69, 9.17) is 0 Å². The molecule has 4 nitrogen and oxygen atoms in total. The van der Waals surface area contributed by atoms with Gasteiger partial charge in [-0.2, -0.15) is 0 Å². The molecule has 4 heteroatoms. The molecule has 0 radical (unpaired) electrons. The normalized spacial score (nSPS) is 10.2. The highest BCUT2D eigenvalue weighted by atomic mass is 16.1. The maximum Gasteiger partial charge on any atom is 0.258 e. The first-order valence-electron chi connectivity index (χ1n) is 4.36. The summed E-state index contributed by atoms with van der Waals surface area (Å²) in [5.74, 6) is 1.49. The number of nitrogens with one attached hydrogen (secondary N) is 1. The maximum absolute atomic E-state index is 11.6. The molecule has 0 aromatic carbocycles. The van der Waals surface area contributed by atoms with Crippen LogP contribution in [0.2, 0.25) is 0 Å². The summed E-state index contributed by atoms with van der Waals surface area (Å²) in [6.45, 7) is 3.76. The van der Waals surface area contributed by atoms with E-state index in [2.05, 4.69) is 10.3 Å². The van der Waals surface area contributed by atoms with Gasteiger partial charge in [-0.25, -0.2) is 4.98 Å². The van der Waals surface area contributed by atoms with Gasteiger partial charge in [0.05, 0.1) is 5.56 Å². The minimum absolute atomic E-state index is 0.0243. The first-order valence-corrected chi connectivity index (χ1v) is 4.36. The number of nitrogens with zero attached hydrogens (tertiary/aromatic N) is 2. The lowest BCUT2D eigenvalue weighted by atomic mass is 10.3. The Morgan fingerprint density at radius 1 is 1.54 bits per heavy atom. The van der Waals surface area contributed by atoms with Crippen LogP contribution in [0.1, 0.15) is 18.3 Å². The van der Waals surface area contributed by atoms with Crippen LogP contribution in [0.4, 0.5) is 5.82 Å². The molecule has 0 fully saturated rings. The fraction of sp³-hybridized carbons (Fsp3) is 0.556. The Balaban J connectivity index is 3.46. The van der Waals surface area contributed by atoms with Crippen molar-refractivity contribution in [2.75, 3.05) is 12.4 Å². The molecule has 0 saturated heterocycles. The van der Waals surface area contributed by atoms with Crippen molar-refractivity contribution in [2.24, 2.45) is 7.05 Å².